The van der Waals surface area contributed by atoms with E-state index in [9.17, 15) is 4.39 Å². The highest BCUT2D eigenvalue weighted by molar-refractivity contribution is 5.70. The molecule has 0 aliphatic carbocycles. The van der Waals surface area contributed by atoms with Crippen LogP contribution >= 0.6 is 0 Å². The summed E-state index contributed by atoms with van der Waals surface area (Å²) in [7, 11) is 1.53. The molecule has 1 aromatic carbocycles. The molecule has 3 aromatic rings. The van der Waals surface area contributed by atoms with Crippen LogP contribution < -0.4 is 4.74 Å². The summed E-state index contributed by atoms with van der Waals surface area (Å²) in [5, 5.41) is 0. The van der Waals surface area contributed by atoms with Gasteiger partial charge in [-0.1, -0.05) is 12.1 Å². The number of aryl methyl sites for hydroxylation is 1. The quantitative estimate of drug-likeness (QED) is 0.702. The number of methoxy groups -OCH3 is 1. The second-order valence-electron chi connectivity index (χ2n) is 4.34. The predicted molar refractivity (Wildman–Crippen MR) is 71.9 cm³/mol. The van der Waals surface area contributed by atoms with Crippen LogP contribution in [0.25, 0.3) is 16.9 Å². The van der Waals surface area contributed by atoms with E-state index >= 15 is 0 Å². The van der Waals surface area contributed by atoms with Crippen molar-refractivity contribution in [2.24, 2.45) is 0 Å². The molecule has 96 valence electrons. The maximum absolute atomic E-state index is 14.0. The molecule has 3 rings (SSSR count). The SMILES string of the molecule is COc1cccc(F)c1-c1cn2c(C)cccc2n1. The van der Waals surface area contributed by atoms with Crippen LogP contribution in [0.4, 0.5) is 4.39 Å². The van der Waals surface area contributed by atoms with Crippen molar-refractivity contribution in [3.8, 4) is 17.0 Å². The Hall–Kier alpha value is -2.36. The van der Waals surface area contributed by atoms with Gasteiger partial charge in [-0.15, -0.1) is 0 Å². The first-order chi connectivity index (χ1) is 9.20. The second-order valence-corrected chi connectivity index (χ2v) is 4.34. The molecule has 0 N–H and O–H groups in total. The summed E-state index contributed by atoms with van der Waals surface area (Å²) in [4.78, 5) is 4.46. The van der Waals surface area contributed by atoms with E-state index in [1.807, 2.05) is 35.7 Å². The third-order valence-corrected chi connectivity index (χ3v) is 3.15. The molecule has 0 bridgehead atoms. The molecular weight excluding hydrogens is 243 g/mol. The standard InChI is InChI=1S/C15H13FN2O/c1-10-5-3-8-14-17-12(9-18(10)14)15-11(16)6-4-7-13(15)19-2/h3-9H,1-2H3. The molecule has 4 heteroatoms. The highest BCUT2D eigenvalue weighted by Gasteiger charge is 2.15. The van der Waals surface area contributed by atoms with Crippen LogP contribution in [0, 0.1) is 12.7 Å². The summed E-state index contributed by atoms with van der Waals surface area (Å²) in [6.07, 6.45) is 1.82. The lowest BCUT2D eigenvalue weighted by molar-refractivity contribution is 0.413. The van der Waals surface area contributed by atoms with Crippen molar-refractivity contribution in [3.63, 3.8) is 0 Å². The maximum atomic E-state index is 14.0. The van der Waals surface area contributed by atoms with Gasteiger partial charge >= 0.3 is 0 Å². The number of halogens is 1. The van der Waals surface area contributed by atoms with E-state index in [0.29, 0.717) is 17.0 Å². The zero-order valence-corrected chi connectivity index (χ0v) is 10.7. The van der Waals surface area contributed by atoms with Crippen LogP contribution in [-0.4, -0.2) is 16.5 Å². The second kappa shape index (κ2) is 4.39. The van der Waals surface area contributed by atoms with Crippen LogP contribution in [-0.2, 0) is 0 Å². The molecule has 0 atom stereocenters. The van der Waals surface area contributed by atoms with Crippen LogP contribution in [0.5, 0.6) is 5.75 Å². The molecule has 0 saturated heterocycles. The Bertz CT molecular complexity index is 749. The summed E-state index contributed by atoms with van der Waals surface area (Å²) in [6, 6.07) is 10.6. The van der Waals surface area contributed by atoms with E-state index < -0.39 is 0 Å². The molecule has 0 aliphatic heterocycles. The topological polar surface area (TPSA) is 26.5 Å². The summed E-state index contributed by atoms with van der Waals surface area (Å²) in [5.74, 6) is 0.154. The summed E-state index contributed by atoms with van der Waals surface area (Å²) in [6.45, 7) is 1.98. The van der Waals surface area contributed by atoms with Crippen molar-refractivity contribution in [2.45, 2.75) is 6.92 Å². The van der Waals surface area contributed by atoms with Gasteiger partial charge in [-0.2, -0.15) is 0 Å². The molecule has 0 fully saturated rings. The van der Waals surface area contributed by atoms with Gasteiger partial charge in [0.15, 0.2) is 0 Å². The van der Waals surface area contributed by atoms with E-state index in [0.717, 1.165) is 11.3 Å². The van der Waals surface area contributed by atoms with E-state index in [4.69, 9.17) is 4.74 Å². The van der Waals surface area contributed by atoms with Crippen LogP contribution in [0.2, 0.25) is 0 Å². The molecule has 19 heavy (non-hydrogen) atoms. The summed E-state index contributed by atoms with van der Waals surface area (Å²) >= 11 is 0. The lowest BCUT2D eigenvalue weighted by Crippen LogP contribution is -1.91. The van der Waals surface area contributed by atoms with Gasteiger partial charge in [0.25, 0.3) is 0 Å². The minimum atomic E-state index is -0.333. The van der Waals surface area contributed by atoms with Gasteiger partial charge in [-0.25, -0.2) is 9.37 Å². The Morgan fingerprint density at radius 3 is 2.68 bits per heavy atom. The van der Waals surface area contributed by atoms with Crippen molar-refractivity contribution < 1.29 is 9.13 Å². The van der Waals surface area contributed by atoms with Gasteiger partial charge in [0.1, 0.15) is 17.2 Å². The average Bonchev–Trinajstić information content (AvgIpc) is 2.83. The zero-order chi connectivity index (χ0) is 13.4. The third kappa shape index (κ3) is 1.85. The number of rotatable bonds is 2. The van der Waals surface area contributed by atoms with Gasteiger partial charge in [0.05, 0.1) is 18.4 Å². The van der Waals surface area contributed by atoms with Crippen molar-refractivity contribution in [3.05, 3.63) is 54.1 Å². The minimum Gasteiger partial charge on any atom is -0.496 e. The number of hydrogen-bond acceptors (Lipinski definition) is 2. The molecule has 0 spiro atoms. The Labute approximate surface area is 110 Å². The van der Waals surface area contributed by atoms with Gasteiger partial charge < -0.3 is 9.14 Å². The van der Waals surface area contributed by atoms with Gasteiger partial charge in [-0.3, -0.25) is 0 Å². The molecule has 3 nitrogen and oxygen atoms in total. The van der Waals surface area contributed by atoms with Gasteiger partial charge in [0.2, 0.25) is 0 Å². The Morgan fingerprint density at radius 1 is 1.16 bits per heavy atom. The van der Waals surface area contributed by atoms with E-state index in [1.54, 1.807) is 12.1 Å². The largest absolute Gasteiger partial charge is 0.496 e. The summed E-state index contributed by atoms with van der Waals surface area (Å²) in [5.41, 5.74) is 2.81. The predicted octanol–water partition coefficient (Wildman–Crippen LogP) is 3.46. The highest BCUT2D eigenvalue weighted by Crippen LogP contribution is 2.32. The fraction of sp³-hybridized carbons (Fsp3) is 0.133. The summed E-state index contributed by atoms with van der Waals surface area (Å²) < 4.78 is 21.2. The number of benzene rings is 1. The maximum Gasteiger partial charge on any atom is 0.137 e. The number of pyridine rings is 1. The first-order valence-electron chi connectivity index (χ1n) is 5.98. The van der Waals surface area contributed by atoms with Crippen LogP contribution in [0.15, 0.2) is 42.6 Å². The van der Waals surface area contributed by atoms with Crippen molar-refractivity contribution in [1.29, 1.82) is 0 Å². The van der Waals surface area contributed by atoms with E-state index in [1.165, 1.54) is 13.2 Å². The number of hydrogen-bond donors (Lipinski definition) is 0. The molecule has 0 aliphatic rings. The molecule has 0 radical (unpaired) electrons. The molecule has 2 heterocycles. The molecule has 2 aromatic heterocycles. The fourth-order valence-electron chi connectivity index (χ4n) is 2.19. The lowest BCUT2D eigenvalue weighted by atomic mass is 10.1. The average molecular weight is 256 g/mol. The number of nitrogens with zero attached hydrogens (tertiary/aromatic N) is 2. The lowest BCUT2D eigenvalue weighted by Gasteiger charge is -2.06. The minimum absolute atomic E-state index is 0.333. The monoisotopic (exact) mass is 256 g/mol. The smallest absolute Gasteiger partial charge is 0.137 e. The zero-order valence-electron chi connectivity index (χ0n) is 10.7. The molecular formula is C15H13FN2O. The van der Waals surface area contributed by atoms with Crippen LogP contribution in [0.1, 0.15) is 5.69 Å². The normalized spacial score (nSPS) is 10.9. The number of fused-ring (bicyclic) bond motifs is 1. The van der Waals surface area contributed by atoms with Crippen molar-refractivity contribution >= 4 is 5.65 Å². The Kier molecular flexibility index (Phi) is 2.71. The molecule has 0 unspecified atom stereocenters. The van der Waals surface area contributed by atoms with E-state index in [2.05, 4.69) is 4.98 Å². The van der Waals surface area contributed by atoms with Crippen molar-refractivity contribution in [1.82, 2.24) is 9.38 Å². The Morgan fingerprint density at radius 2 is 1.95 bits per heavy atom. The fourth-order valence-corrected chi connectivity index (χ4v) is 2.19. The first-order valence-corrected chi connectivity index (χ1v) is 5.98. The Balaban J connectivity index is 2.28. The number of aromatic nitrogens is 2. The van der Waals surface area contributed by atoms with Gasteiger partial charge in [0, 0.05) is 11.9 Å². The van der Waals surface area contributed by atoms with Crippen molar-refractivity contribution in [2.75, 3.05) is 7.11 Å². The van der Waals surface area contributed by atoms with Crippen LogP contribution in [0.3, 0.4) is 0 Å². The van der Waals surface area contributed by atoms with Gasteiger partial charge in [-0.05, 0) is 31.2 Å². The molecule has 0 saturated carbocycles. The van der Waals surface area contributed by atoms with E-state index in [-0.39, 0.29) is 5.82 Å². The number of ether oxygens (including phenoxy) is 1. The number of imidazole rings is 1. The molecule has 0 amide bonds. The third-order valence-electron chi connectivity index (χ3n) is 3.15. The first kappa shape index (κ1) is 11.7. The highest BCUT2D eigenvalue weighted by atomic mass is 19.1.